The molecule has 0 radical (unpaired) electrons. The van der Waals surface area contributed by atoms with Gasteiger partial charge in [0.15, 0.2) is 0 Å². The number of rotatable bonds is 1. The van der Waals surface area contributed by atoms with Gasteiger partial charge in [-0.25, -0.2) is 9.67 Å². The predicted octanol–water partition coefficient (Wildman–Crippen LogP) is 1.03. The quantitative estimate of drug-likeness (QED) is 0.743. The highest BCUT2D eigenvalue weighted by molar-refractivity contribution is 5.42. The van der Waals surface area contributed by atoms with E-state index in [4.69, 9.17) is 11.0 Å². The van der Waals surface area contributed by atoms with Gasteiger partial charge < -0.3 is 5.73 Å². The van der Waals surface area contributed by atoms with Gasteiger partial charge in [-0.05, 0) is 13.0 Å². The summed E-state index contributed by atoms with van der Waals surface area (Å²) in [6, 6.07) is 5.40. The third-order valence-corrected chi connectivity index (χ3v) is 2.06. The molecular weight excluding hydrogens is 190 g/mol. The topological polar surface area (TPSA) is 80.5 Å². The molecule has 2 aromatic rings. The van der Waals surface area contributed by atoms with Gasteiger partial charge in [0.05, 0.1) is 5.69 Å². The summed E-state index contributed by atoms with van der Waals surface area (Å²) in [4.78, 5) is 3.88. The van der Waals surface area contributed by atoms with Crippen molar-refractivity contribution in [2.24, 2.45) is 0 Å². The van der Waals surface area contributed by atoms with E-state index < -0.39 is 0 Å². The van der Waals surface area contributed by atoms with Crippen LogP contribution in [0.4, 0.5) is 5.82 Å². The molecule has 0 aliphatic rings. The van der Waals surface area contributed by atoms with Gasteiger partial charge in [0.2, 0.25) is 0 Å². The lowest BCUT2D eigenvalue weighted by atomic mass is 10.3. The summed E-state index contributed by atoms with van der Waals surface area (Å²) in [5.41, 5.74) is 7.68. The van der Waals surface area contributed by atoms with Crippen molar-refractivity contribution in [3.63, 3.8) is 0 Å². The van der Waals surface area contributed by atoms with Crippen LogP contribution in [0, 0.1) is 18.3 Å². The Hall–Kier alpha value is -2.35. The van der Waals surface area contributed by atoms with Crippen molar-refractivity contribution in [3.05, 3.63) is 35.8 Å². The molecule has 2 rings (SSSR count). The molecule has 0 unspecified atom stereocenters. The van der Waals surface area contributed by atoms with Gasteiger partial charge in [0.1, 0.15) is 17.6 Å². The zero-order valence-corrected chi connectivity index (χ0v) is 8.18. The second-order valence-corrected chi connectivity index (χ2v) is 3.15. The van der Waals surface area contributed by atoms with Crippen molar-refractivity contribution >= 4 is 5.82 Å². The molecule has 0 atom stereocenters. The Morgan fingerprint density at radius 2 is 2.33 bits per heavy atom. The molecule has 0 aromatic carbocycles. The Labute approximate surface area is 86.8 Å². The van der Waals surface area contributed by atoms with Crippen LogP contribution in [0.3, 0.4) is 0 Å². The lowest BCUT2D eigenvalue weighted by molar-refractivity contribution is 0.881. The van der Waals surface area contributed by atoms with Gasteiger partial charge in [-0.3, -0.25) is 0 Å². The van der Waals surface area contributed by atoms with Crippen molar-refractivity contribution < 1.29 is 0 Å². The van der Waals surface area contributed by atoms with Crippen molar-refractivity contribution in [2.45, 2.75) is 6.92 Å². The van der Waals surface area contributed by atoms with E-state index in [1.807, 2.05) is 19.2 Å². The molecule has 0 spiro atoms. The summed E-state index contributed by atoms with van der Waals surface area (Å²) in [7, 11) is 0. The minimum atomic E-state index is 0.360. The summed E-state index contributed by atoms with van der Waals surface area (Å²) in [5.74, 6) is 0.491. The molecule has 0 fully saturated rings. The number of nitrogens with two attached hydrogens (primary N) is 1. The Kier molecular flexibility index (Phi) is 2.10. The lowest BCUT2D eigenvalue weighted by Gasteiger charge is -1.99. The highest BCUT2D eigenvalue weighted by Gasteiger charge is 2.03. The molecule has 0 bridgehead atoms. The number of aromatic nitrogens is 3. The third kappa shape index (κ3) is 1.65. The summed E-state index contributed by atoms with van der Waals surface area (Å²) >= 11 is 0. The van der Waals surface area contributed by atoms with Gasteiger partial charge in [-0.15, -0.1) is 0 Å². The molecule has 5 nitrogen and oxygen atoms in total. The van der Waals surface area contributed by atoms with Gasteiger partial charge in [-0.1, -0.05) is 0 Å². The van der Waals surface area contributed by atoms with Crippen LogP contribution < -0.4 is 5.73 Å². The standard InChI is InChI=1S/C10H9N5/c1-7-6-15(14-10(7)12)9-2-3-13-8(4-9)5-11/h2-4,6H,1H3,(H2,12,14). The number of hydrogen-bond donors (Lipinski definition) is 1. The largest absolute Gasteiger partial charge is 0.382 e. The van der Waals surface area contributed by atoms with E-state index in [1.54, 1.807) is 23.0 Å². The number of nitriles is 1. The molecule has 0 aliphatic carbocycles. The average molecular weight is 199 g/mol. The van der Waals surface area contributed by atoms with E-state index in [2.05, 4.69) is 10.1 Å². The predicted molar refractivity (Wildman–Crippen MR) is 55.2 cm³/mol. The lowest BCUT2D eigenvalue weighted by Crippen LogP contribution is -1.97. The molecule has 2 N–H and O–H groups in total. The van der Waals surface area contributed by atoms with Gasteiger partial charge in [0, 0.05) is 24.0 Å². The number of nitrogen functional groups attached to an aromatic ring is 1. The van der Waals surface area contributed by atoms with E-state index in [0.29, 0.717) is 11.5 Å². The zero-order valence-electron chi connectivity index (χ0n) is 8.18. The van der Waals surface area contributed by atoms with E-state index in [1.165, 1.54) is 0 Å². The van der Waals surface area contributed by atoms with Gasteiger partial charge in [0.25, 0.3) is 0 Å². The molecule has 0 saturated heterocycles. The number of anilines is 1. The van der Waals surface area contributed by atoms with Crippen LogP contribution in [-0.2, 0) is 0 Å². The first-order valence-corrected chi connectivity index (χ1v) is 4.39. The molecule has 0 saturated carbocycles. The molecule has 0 amide bonds. The summed E-state index contributed by atoms with van der Waals surface area (Å²) in [5, 5.41) is 12.8. The Balaban J connectivity index is 2.50. The highest BCUT2D eigenvalue weighted by Crippen LogP contribution is 2.12. The fraction of sp³-hybridized carbons (Fsp3) is 0.100. The maximum Gasteiger partial charge on any atom is 0.148 e. The monoisotopic (exact) mass is 199 g/mol. The molecule has 5 heteroatoms. The maximum atomic E-state index is 8.70. The van der Waals surface area contributed by atoms with Crippen LogP contribution in [0.25, 0.3) is 5.69 Å². The zero-order chi connectivity index (χ0) is 10.8. The smallest absolute Gasteiger partial charge is 0.148 e. The van der Waals surface area contributed by atoms with E-state index in [9.17, 15) is 0 Å². The molecular formula is C10H9N5. The number of aryl methyl sites for hydroxylation is 1. The molecule has 0 aliphatic heterocycles. The van der Waals surface area contributed by atoms with Crippen LogP contribution in [-0.4, -0.2) is 14.8 Å². The van der Waals surface area contributed by atoms with Crippen LogP contribution in [0.2, 0.25) is 0 Å². The second-order valence-electron chi connectivity index (χ2n) is 3.15. The minimum Gasteiger partial charge on any atom is -0.382 e. The summed E-state index contributed by atoms with van der Waals surface area (Å²) in [6.45, 7) is 1.88. The molecule has 2 aromatic heterocycles. The third-order valence-electron chi connectivity index (χ3n) is 2.06. The van der Waals surface area contributed by atoms with Crippen LogP contribution in [0.1, 0.15) is 11.3 Å². The Morgan fingerprint density at radius 3 is 2.93 bits per heavy atom. The van der Waals surface area contributed by atoms with E-state index in [0.717, 1.165) is 11.3 Å². The normalized spacial score (nSPS) is 9.87. The average Bonchev–Trinajstić information content (AvgIpc) is 2.59. The first-order chi connectivity index (χ1) is 7.20. The van der Waals surface area contributed by atoms with Crippen LogP contribution in [0.5, 0.6) is 0 Å². The van der Waals surface area contributed by atoms with Gasteiger partial charge >= 0.3 is 0 Å². The van der Waals surface area contributed by atoms with Gasteiger partial charge in [-0.2, -0.15) is 10.4 Å². The molecule has 74 valence electrons. The fourth-order valence-electron chi connectivity index (χ4n) is 1.23. The van der Waals surface area contributed by atoms with Crippen LogP contribution in [0.15, 0.2) is 24.5 Å². The molecule has 2 heterocycles. The highest BCUT2D eigenvalue weighted by atomic mass is 15.3. The van der Waals surface area contributed by atoms with E-state index >= 15 is 0 Å². The summed E-state index contributed by atoms with van der Waals surface area (Å²) in [6.07, 6.45) is 3.38. The van der Waals surface area contributed by atoms with Crippen molar-refractivity contribution in [3.8, 4) is 11.8 Å². The summed E-state index contributed by atoms with van der Waals surface area (Å²) < 4.78 is 1.63. The van der Waals surface area contributed by atoms with Crippen molar-refractivity contribution in [2.75, 3.05) is 5.73 Å². The number of nitrogens with zero attached hydrogens (tertiary/aromatic N) is 4. The minimum absolute atomic E-state index is 0.360. The fourth-order valence-corrected chi connectivity index (χ4v) is 1.23. The van der Waals surface area contributed by atoms with Crippen molar-refractivity contribution in [1.29, 1.82) is 5.26 Å². The Bertz CT molecular complexity index is 515. The van der Waals surface area contributed by atoms with Crippen LogP contribution >= 0.6 is 0 Å². The first-order valence-electron chi connectivity index (χ1n) is 4.39. The maximum absolute atomic E-state index is 8.70. The van der Waals surface area contributed by atoms with E-state index in [-0.39, 0.29) is 0 Å². The molecule has 15 heavy (non-hydrogen) atoms. The van der Waals surface area contributed by atoms with Crippen molar-refractivity contribution in [1.82, 2.24) is 14.8 Å². The number of hydrogen-bond acceptors (Lipinski definition) is 4. The SMILES string of the molecule is Cc1cn(-c2ccnc(C#N)c2)nc1N. The first kappa shape index (κ1) is 9.21. The Morgan fingerprint density at radius 1 is 1.53 bits per heavy atom. The number of pyridine rings is 1. The second kappa shape index (κ2) is 3.42.